The first-order valence-corrected chi connectivity index (χ1v) is 13.2. The lowest BCUT2D eigenvalue weighted by atomic mass is 9.84. The Labute approximate surface area is 223 Å². The average Bonchev–Trinajstić information content (AvgIpc) is 3.53. The number of nitrogens with zero attached hydrogens (tertiary/aromatic N) is 4. The number of methoxy groups -OCH3 is 1. The summed E-state index contributed by atoms with van der Waals surface area (Å²) in [5.74, 6) is -1.18. The molecule has 10 nitrogen and oxygen atoms in total. The van der Waals surface area contributed by atoms with Crippen LogP contribution in [0.15, 0.2) is 36.4 Å². The average molecular weight is 537 g/mol. The smallest absolute Gasteiger partial charge is 0.354 e. The molecule has 1 saturated carbocycles. The van der Waals surface area contributed by atoms with Crippen molar-refractivity contribution in [3.63, 3.8) is 0 Å². The molecule has 0 radical (unpaired) electrons. The van der Waals surface area contributed by atoms with Crippen molar-refractivity contribution in [2.45, 2.75) is 51.0 Å². The number of hydrogen-bond acceptors (Lipinski definition) is 8. The number of benzene rings is 2. The first-order valence-electron chi connectivity index (χ1n) is 12.5. The summed E-state index contributed by atoms with van der Waals surface area (Å²) in [6.07, 6.45) is 5.68. The molecule has 198 valence electrons. The van der Waals surface area contributed by atoms with Crippen LogP contribution in [0, 0.1) is 0 Å². The van der Waals surface area contributed by atoms with E-state index in [1.807, 2.05) is 18.2 Å². The second-order valence-electron chi connectivity index (χ2n) is 9.43. The standard InChI is InChI=1S/C27H28N4O6S/c1-36-19-9-8-18(23(13-19)37-15-24(32)33)14-31-26(27(34)35)20(25(28-31)17-5-3-2-4-6-17)11-16-7-10-21-22(12-16)30-38-29-21/h7-10,12-13,17H,2-6,11,14-15H2,1H3,(H,32,33)(H,34,35). The summed E-state index contributed by atoms with van der Waals surface area (Å²) in [6.45, 7) is -0.424. The Hall–Kier alpha value is -3.99. The molecule has 0 aliphatic heterocycles. The predicted molar refractivity (Wildman–Crippen MR) is 140 cm³/mol. The highest BCUT2D eigenvalue weighted by molar-refractivity contribution is 7.00. The van der Waals surface area contributed by atoms with Crippen molar-refractivity contribution in [2.75, 3.05) is 13.7 Å². The van der Waals surface area contributed by atoms with E-state index in [1.54, 1.807) is 18.2 Å². The fraction of sp³-hybridized carbons (Fsp3) is 0.370. The van der Waals surface area contributed by atoms with Crippen LogP contribution in [0.5, 0.6) is 11.5 Å². The van der Waals surface area contributed by atoms with Crippen LogP contribution in [0.2, 0.25) is 0 Å². The molecule has 1 aliphatic carbocycles. The Morgan fingerprint density at radius 2 is 1.84 bits per heavy atom. The number of aliphatic carboxylic acids is 1. The summed E-state index contributed by atoms with van der Waals surface area (Å²) in [7, 11) is 1.51. The summed E-state index contributed by atoms with van der Waals surface area (Å²) in [4.78, 5) is 23.8. The topological polar surface area (TPSA) is 137 Å². The minimum Gasteiger partial charge on any atom is -0.497 e. The van der Waals surface area contributed by atoms with Crippen LogP contribution in [0.1, 0.15) is 70.9 Å². The van der Waals surface area contributed by atoms with Crippen LogP contribution >= 0.6 is 11.7 Å². The molecule has 2 aromatic carbocycles. The third-order valence-electron chi connectivity index (χ3n) is 6.92. The highest BCUT2D eigenvalue weighted by Gasteiger charge is 2.29. The molecule has 0 unspecified atom stereocenters. The van der Waals surface area contributed by atoms with Crippen molar-refractivity contribution in [1.82, 2.24) is 18.5 Å². The first kappa shape index (κ1) is 25.7. The second kappa shape index (κ2) is 11.2. The summed E-state index contributed by atoms with van der Waals surface area (Å²) < 4.78 is 20.9. The van der Waals surface area contributed by atoms with Gasteiger partial charge in [-0.15, -0.1) is 0 Å². The summed E-state index contributed by atoms with van der Waals surface area (Å²) in [6, 6.07) is 10.9. The van der Waals surface area contributed by atoms with Crippen molar-refractivity contribution in [2.24, 2.45) is 0 Å². The highest BCUT2D eigenvalue weighted by atomic mass is 32.1. The van der Waals surface area contributed by atoms with Gasteiger partial charge >= 0.3 is 11.9 Å². The highest BCUT2D eigenvalue weighted by Crippen LogP contribution is 2.37. The van der Waals surface area contributed by atoms with E-state index >= 15 is 0 Å². The zero-order chi connectivity index (χ0) is 26.6. The summed E-state index contributed by atoms with van der Waals surface area (Å²) >= 11 is 1.15. The molecular weight excluding hydrogens is 508 g/mol. The number of carbonyl (C=O) groups is 2. The lowest BCUT2D eigenvalue weighted by molar-refractivity contribution is -0.139. The van der Waals surface area contributed by atoms with E-state index in [0.717, 1.165) is 59.7 Å². The number of fused-ring (bicyclic) bond motifs is 1. The fourth-order valence-electron chi connectivity index (χ4n) is 5.12. The van der Waals surface area contributed by atoms with Crippen LogP contribution in [0.25, 0.3) is 11.0 Å². The van der Waals surface area contributed by atoms with Crippen molar-refractivity contribution >= 4 is 34.7 Å². The van der Waals surface area contributed by atoms with E-state index in [0.29, 0.717) is 29.0 Å². The molecule has 2 aromatic heterocycles. The van der Waals surface area contributed by atoms with Gasteiger partial charge in [0.2, 0.25) is 0 Å². The molecule has 2 N–H and O–H groups in total. The van der Waals surface area contributed by atoms with Gasteiger partial charge in [-0.25, -0.2) is 9.59 Å². The number of ether oxygens (including phenoxy) is 2. The Bertz CT molecular complexity index is 1470. The Morgan fingerprint density at radius 3 is 2.58 bits per heavy atom. The summed E-state index contributed by atoms with van der Waals surface area (Å²) in [5.41, 5.74) is 4.80. The monoisotopic (exact) mass is 536 g/mol. The molecular formula is C27H28N4O6S. The van der Waals surface area contributed by atoms with Crippen LogP contribution in [-0.2, 0) is 17.8 Å². The van der Waals surface area contributed by atoms with Gasteiger partial charge in [0, 0.05) is 29.5 Å². The molecule has 0 saturated heterocycles. The molecule has 1 aliphatic rings. The molecule has 11 heteroatoms. The predicted octanol–water partition coefficient (Wildman–Crippen LogP) is 4.74. The van der Waals surface area contributed by atoms with E-state index in [-0.39, 0.29) is 18.2 Å². The minimum atomic E-state index is -1.11. The van der Waals surface area contributed by atoms with Crippen LogP contribution in [0.4, 0.5) is 0 Å². The minimum absolute atomic E-state index is 0.106. The van der Waals surface area contributed by atoms with E-state index in [4.69, 9.17) is 19.7 Å². The Morgan fingerprint density at radius 1 is 1.05 bits per heavy atom. The number of aromatic nitrogens is 4. The second-order valence-corrected chi connectivity index (χ2v) is 9.96. The third-order valence-corrected chi connectivity index (χ3v) is 7.48. The lowest BCUT2D eigenvalue weighted by Gasteiger charge is -2.21. The fourth-order valence-corrected chi connectivity index (χ4v) is 5.64. The van der Waals surface area contributed by atoms with E-state index in [9.17, 15) is 14.7 Å². The van der Waals surface area contributed by atoms with E-state index < -0.39 is 18.5 Å². The molecule has 0 amide bonds. The first-order chi connectivity index (χ1) is 18.4. The Balaban J connectivity index is 1.57. The molecule has 0 atom stereocenters. The van der Waals surface area contributed by atoms with Gasteiger partial charge in [-0.2, -0.15) is 13.8 Å². The zero-order valence-corrected chi connectivity index (χ0v) is 21.7. The molecule has 2 heterocycles. The van der Waals surface area contributed by atoms with Crippen LogP contribution in [-0.4, -0.2) is 54.4 Å². The van der Waals surface area contributed by atoms with Gasteiger partial charge in [0.1, 0.15) is 28.2 Å². The number of aromatic carboxylic acids is 1. The maximum atomic E-state index is 12.7. The van der Waals surface area contributed by atoms with Crippen molar-refractivity contribution in [3.05, 3.63) is 64.5 Å². The van der Waals surface area contributed by atoms with Gasteiger partial charge in [-0.05, 0) is 42.7 Å². The zero-order valence-electron chi connectivity index (χ0n) is 20.9. The largest absolute Gasteiger partial charge is 0.497 e. The van der Waals surface area contributed by atoms with Crippen molar-refractivity contribution in [3.8, 4) is 11.5 Å². The maximum Gasteiger partial charge on any atom is 0.354 e. The number of hydrogen-bond donors (Lipinski definition) is 2. The van der Waals surface area contributed by atoms with E-state index in [2.05, 4.69) is 8.75 Å². The molecule has 0 bridgehead atoms. The van der Waals surface area contributed by atoms with E-state index in [1.165, 1.54) is 18.2 Å². The molecule has 4 aromatic rings. The van der Waals surface area contributed by atoms with Crippen molar-refractivity contribution < 1.29 is 29.3 Å². The Kier molecular flexibility index (Phi) is 7.54. The molecule has 38 heavy (non-hydrogen) atoms. The number of carboxylic acids is 2. The summed E-state index contributed by atoms with van der Waals surface area (Å²) in [5, 5.41) is 24.4. The van der Waals surface area contributed by atoms with Gasteiger partial charge in [0.05, 0.1) is 31.1 Å². The van der Waals surface area contributed by atoms with Crippen LogP contribution in [0.3, 0.4) is 0 Å². The van der Waals surface area contributed by atoms with Gasteiger partial charge < -0.3 is 19.7 Å². The number of carboxylic acid groups (broad SMARTS) is 2. The SMILES string of the molecule is COc1ccc(Cn2nc(C3CCCCC3)c(Cc3ccc4nsnc4c3)c2C(=O)O)c(OCC(=O)O)c1. The molecule has 0 spiro atoms. The normalized spacial score (nSPS) is 14.0. The molecule has 5 rings (SSSR count). The third kappa shape index (κ3) is 5.47. The van der Waals surface area contributed by atoms with Gasteiger partial charge in [0.15, 0.2) is 6.61 Å². The van der Waals surface area contributed by atoms with Crippen LogP contribution < -0.4 is 9.47 Å². The van der Waals surface area contributed by atoms with Crippen molar-refractivity contribution in [1.29, 1.82) is 0 Å². The maximum absolute atomic E-state index is 12.7. The van der Waals surface area contributed by atoms with Gasteiger partial charge in [-0.3, -0.25) is 4.68 Å². The number of rotatable bonds is 10. The quantitative estimate of drug-likeness (QED) is 0.294. The van der Waals surface area contributed by atoms with Gasteiger partial charge in [-0.1, -0.05) is 25.3 Å². The van der Waals surface area contributed by atoms with Gasteiger partial charge in [0.25, 0.3) is 0 Å². The lowest BCUT2D eigenvalue weighted by Crippen LogP contribution is -2.15. The molecule has 1 fully saturated rings.